The minimum absolute atomic E-state index is 0.0513. The van der Waals surface area contributed by atoms with Gasteiger partial charge in [-0.05, 0) is 5.56 Å². The van der Waals surface area contributed by atoms with Crippen molar-refractivity contribution in [2.75, 3.05) is 13.2 Å². The van der Waals surface area contributed by atoms with E-state index in [4.69, 9.17) is 4.74 Å². The van der Waals surface area contributed by atoms with Crippen LogP contribution in [0.2, 0.25) is 0 Å². The summed E-state index contributed by atoms with van der Waals surface area (Å²) in [6.45, 7) is 3.38. The number of ether oxygens (including phenoxy) is 1. The van der Waals surface area contributed by atoms with Crippen molar-refractivity contribution in [3.05, 3.63) is 35.9 Å². The SMILES string of the molecule is CC(=O)OC[C@@](C)(CO)c1ccccc1. The van der Waals surface area contributed by atoms with E-state index in [1.165, 1.54) is 6.92 Å². The Morgan fingerprint density at radius 3 is 2.47 bits per heavy atom. The molecule has 1 aromatic carbocycles. The Bertz CT molecular complexity index is 321. The molecule has 0 heterocycles. The van der Waals surface area contributed by atoms with E-state index in [9.17, 15) is 9.90 Å². The normalized spacial score (nSPS) is 14.3. The first-order valence-corrected chi connectivity index (χ1v) is 4.88. The topological polar surface area (TPSA) is 46.5 Å². The van der Waals surface area contributed by atoms with Crippen LogP contribution in [0.5, 0.6) is 0 Å². The highest BCUT2D eigenvalue weighted by Crippen LogP contribution is 2.23. The van der Waals surface area contributed by atoms with Crippen molar-refractivity contribution in [1.82, 2.24) is 0 Å². The molecule has 1 N–H and O–H groups in total. The lowest BCUT2D eigenvalue weighted by molar-refractivity contribution is -0.143. The quantitative estimate of drug-likeness (QED) is 0.763. The number of aliphatic hydroxyl groups excluding tert-OH is 1. The Morgan fingerprint density at radius 2 is 2.00 bits per heavy atom. The molecule has 0 amide bonds. The molecule has 0 aliphatic carbocycles. The number of aliphatic hydroxyl groups is 1. The third kappa shape index (κ3) is 3.06. The number of carbonyl (C=O) groups is 1. The van der Waals surface area contributed by atoms with Gasteiger partial charge in [-0.15, -0.1) is 0 Å². The molecule has 0 spiro atoms. The van der Waals surface area contributed by atoms with E-state index in [1.807, 2.05) is 37.3 Å². The summed E-state index contributed by atoms with van der Waals surface area (Å²) in [6, 6.07) is 9.54. The van der Waals surface area contributed by atoms with E-state index in [0.717, 1.165) is 5.56 Å². The first kappa shape index (κ1) is 11.7. The Hall–Kier alpha value is -1.35. The van der Waals surface area contributed by atoms with Gasteiger partial charge in [0.25, 0.3) is 0 Å². The van der Waals surface area contributed by atoms with Gasteiger partial charge in [0.1, 0.15) is 6.61 Å². The molecule has 0 saturated carbocycles. The Morgan fingerprint density at radius 1 is 1.40 bits per heavy atom. The van der Waals surface area contributed by atoms with Crippen molar-refractivity contribution < 1.29 is 14.6 Å². The second-order valence-corrected chi connectivity index (χ2v) is 3.87. The summed E-state index contributed by atoms with van der Waals surface area (Å²) >= 11 is 0. The fraction of sp³-hybridized carbons (Fsp3) is 0.417. The molecule has 82 valence electrons. The van der Waals surface area contributed by atoms with Crippen LogP contribution in [0.1, 0.15) is 19.4 Å². The molecule has 1 rings (SSSR count). The summed E-state index contributed by atoms with van der Waals surface area (Å²) in [5, 5.41) is 9.36. The number of esters is 1. The van der Waals surface area contributed by atoms with Crippen LogP contribution in [0.15, 0.2) is 30.3 Å². The molecule has 0 aliphatic rings. The predicted molar refractivity (Wildman–Crippen MR) is 57.5 cm³/mol. The second kappa shape index (κ2) is 4.94. The predicted octanol–water partition coefficient (Wildman–Crippen LogP) is 1.50. The summed E-state index contributed by atoms with van der Waals surface area (Å²) < 4.78 is 4.95. The van der Waals surface area contributed by atoms with Crippen LogP contribution >= 0.6 is 0 Å². The Kier molecular flexibility index (Phi) is 3.86. The van der Waals surface area contributed by atoms with Crippen molar-refractivity contribution in [3.63, 3.8) is 0 Å². The van der Waals surface area contributed by atoms with Gasteiger partial charge in [0.15, 0.2) is 0 Å². The second-order valence-electron chi connectivity index (χ2n) is 3.87. The number of carbonyl (C=O) groups excluding carboxylic acids is 1. The maximum absolute atomic E-state index is 10.7. The molecule has 15 heavy (non-hydrogen) atoms. The molecular formula is C12H16O3. The molecule has 0 aliphatic heterocycles. The number of benzene rings is 1. The lowest BCUT2D eigenvalue weighted by atomic mass is 9.84. The van der Waals surface area contributed by atoms with Crippen LogP contribution in [0.25, 0.3) is 0 Å². The third-order valence-corrected chi connectivity index (χ3v) is 2.41. The molecule has 0 radical (unpaired) electrons. The van der Waals surface area contributed by atoms with Crippen LogP contribution in [-0.4, -0.2) is 24.3 Å². The van der Waals surface area contributed by atoms with Crippen LogP contribution < -0.4 is 0 Å². The molecule has 1 aromatic rings. The summed E-state index contributed by atoms with van der Waals surface area (Å²) in [5.74, 6) is -0.328. The molecule has 3 heteroatoms. The van der Waals surface area contributed by atoms with Crippen LogP contribution in [0.4, 0.5) is 0 Å². The van der Waals surface area contributed by atoms with Gasteiger partial charge < -0.3 is 9.84 Å². The van der Waals surface area contributed by atoms with Crippen LogP contribution in [-0.2, 0) is 14.9 Å². The van der Waals surface area contributed by atoms with E-state index in [0.29, 0.717) is 0 Å². The smallest absolute Gasteiger partial charge is 0.302 e. The average Bonchev–Trinajstić information content (AvgIpc) is 2.27. The Labute approximate surface area is 89.7 Å². The zero-order valence-electron chi connectivity index (χ0n) is 9.06. The molecule has 0 unspecified atom stereocenters. The lowest BCUT2D eigenvalue weighted by Gasteiger charge is -2.26. The van der Waals surface area contributed by atoms with E-state index in [-0.39, 0.29) is 19.2 Å². The summed E-state index contributed by atoms with van der Waals surface area (Å²) in [7, 11) is 0. The van der Waals surface area contributed by atoms with Crippen molar-refractivity contribution >= 4 is 5.97 Å². The third-order valence-electron chi connectivity index (χ3n) is 2.41. The first-order valence-electron chi connectivity index (χ1n) is 4.88. The molecule has 0 saturated heterocycles. The molecule has 0 aromatic heterocycles. The van der Waals surface area contributed by atoms with Crippen LogP contribution in [0.3, 0.4) is 0 Å². The highest BCUT2D eigenvalue weighted by Gasteiger charge is 2.27. The summed E-state index contributed by atoms with van der Waals surface area (Å²) in [5.41, 5.74) is 0.446. The highest BCUT2D eigenvalue weighted by molar-refractivity contribution is 5.66. The molecular weight excluding hydrogens is 192 g/mol. The molecule has 1 atom stereocenters. The van der Waals surface area contributed by atoms with Crippen molar-refractivity contribution in [2.24, 2.45) is 0 Å². The maximum atomic E-state index is 10.7. The van der Waals surface area contributed by atoms with Gasteiger partial charge in [0, 0.05) is 12.3 Å². The zero-order valence-corrected chi connectivity index (χ0v) is 9.06. The maximum Gasteiger partial charge on any atom is 0.302 e. The van der Waals surface area contributed by atoms with Gasteiger partial charge in [0.05, 0.1) is 6.61 Å². The van der Waals surface area contributed by atoms with E-state index in [1.54, 1.807) is 0 Å². The Balaban J connectivity index is 2.80. The lowest BCUT2D eigenvalue weighted by Crippen LogP contribution is -2.33. The molecule has 3 nitrogen and oxygen atoms in total. The standard InChI is InChI=1S/C12H16O3/c1-10(14)15-9-12(2,8-13)11-6-4-3-5-7-11/h3-7,13H,8-9H2,1-2H3/t12-/m1/s1. The minimum Gasteiger partial charge on any atom is -0.465 e. The molecule has 0 fully saturated rings. The monoisotopic (exact) mass is 208 g/mol. The van der Waals surface area contributed by atoms with Gasteiger partial charge in [-0.2, -0.15) is 0 Å². The number of hydrogen-bond acceptors (Lipinski definition) is 3. The van der Waals surface area contributed by atoms with Crippen molar-refractivity contribution in [2.45, 2.75) is 19.3 Å². The average molecular weight is 208 g/mol. The number of hydrogen-bond donors (Lipinski definition) is 1. The van der Waals surface area contributed by atoms with E-state index < -0.39 is 5.41 Å². The van der Waals surface area contributed by atoms with E-state index in [2.05, 4.69) is 0 Å². The fourth-order valence-electron chi connectivity index (χ4n) is 1.32. The fourth-order valence-corrected chi connectivity index (χ4v) is 1.32. The summed E-state index contributed by atoms with van der Waals surface area (Å²) in [6.07, 6.45) is 0. The minimum atomic E-state index is -0.521. The van der Waals surface area contributed by atoms with Gasteiger partial charge in [-0.3, -0.25) is 4.79 Å². The summed E-state index contributed by atoms with van der Waals surface area (Å²) in [4.78, 5) is 10.7. The van der Waals surface area contributed by atoms with Crippen LogP contribution in [0, 0.1) is 0 Å². The van der Waals surface area contributed by atoms with E-state index >= 15 is 0 Å². The first-order chi connectivity index (χ1) is 7.08. The van der Waals surface area contributed by atoms with Gasteiger partial charge >= 0.3 is 5.97 Å². The van der Waals surface area contributed by atoms with Crippen molar-refractivity contribution in [1.29, 1.82) is 0 Å². The zero-order chi connectivity index (χ0) is 11.3. The van der Waals surface area contributed by atoms with Gasteiger partial charge in [-0.1, -0.05) is 37.3 Å². The van der Waals surface area contributed by atoms with Crippen molar-refractivity contribution in [3.8, 4) is 0 Å². The number of rotatable bonds is 4. The van der Waals surface area contributed by atoms with Gasteiger partial charge in [0.2, 0.25) is 0 Å². The largest absolute Gasteiger partial charge is 0.465 e. The molecule has 0 bridgehead atoms. The highest BCUT2D eigenvalue weighted by atomic mass is 16.5. The van der Waals surface area contributed by atoms with Gasteiger partial charge in [-0.25, -0.2) is 0 Å².